The summed E-state index contributed by atoms with van der Waals surface area (Å²) in [6.45, 7) is 5.48. The maximum Gasteiger partial charge on any atom is 0.411 e. The molecule has 0 aliphatic carbocycles. The van der Waals surface area contributed by atoms with E-state index in [1.165, 1.54) is 0 Å². The number of carbonyl (C=O) groups excluding carboxylic acids is 1. The first-order valence-corrected chi connectivity index (χ1v) is 8.22. The van der Waals surface area contributed by atoms with Gasteiger partial charge in [-0.05, 0) is 38.5 Å². The van der Waals surface area contributed by atoms with Crippen molar-refractivity contribution < 1.29 is 29.0 Å². The molecule has 0 saturated carbocycles. The van der Waals surface area contributed by atoms with Crippen molar-refractivity contribution in [2.24, 2.45) is 5.16 Å². The fraction of sp³-hybridized carbons (Fsp3) is 0.500. The first kappa shape index (κ1) is 19.6. The maximum atomic E-state index is 12.2. The fourth-order valence-electron chi connectivity index (χ4n) is 2.42. The molecule has 1 heterocycles. The SMILES string of the molecule is COc1ccc(CO/N=C2\C[C@@H](C(=O)O)N(C(=O)OC(C)(C)C)C2)cc1. The molecule has 0 spiro atoms. The van der Waals surface area contributed by atoms with Gasteiger partial charge in [0.15, 0.2) is 0 Å². The lowest BCUT2D eigenvalue weighted by Gasteiger charge is -2.26. The van der Waals surface area contributed by atoms with Gasteiger partial charge in [0.25, 0.3) is 0 Å². The number of rotatable bonds is 5. The van der Waals surface area contributed by atoms with Crippen molar-refractivity contribution in [1.82, 2.24) is 4.90 Å². The minimum atomic E-state index is -1.10. The van der Waals surface area contributed by atoms with E-state index >= 15 is 0 Å². The van der Waals surface area contributed by atoms with Crippen molar-refractivity contribution in [3.8, 4) is 5.75 Å². The van der Waals surface area contributed by atoms with E-state index in [1.54, 1.807) is 27.9 Å². The average Bonchev–Trinajstić information content (AvgIpc) is 2.99. The molecular weight excluding hydrogens is 340 g/mol. The summed E-state index contributed by atoms with van der Waals surface area (Å²) < 4.78 is 10.3. The number of hydrogen-bond acceptors (Lipinski definition) is 6. The molecule has 1 atom stereocenters. The summed E-state index contributed by atoms with van der Waals surface area (Å²) in [4.78, 5) is 30.1. The molecular formula is C18H24N2O6. The number of carbonyl (C=O) groups is 2. The predicted molar refractivity (Wildman–Crippen MR) is 94.2 cm³/mol. The molecule has 1 N–H and O–H groups in total. The summed E-state index contributed by atoms with van der Waals surface area (Å²) in [7, 11) is 1.59. The summed E-state index contributed by atoms with van der Waals surface area (Å²) in [5.74, 6) is -0.357. The molecule has 1 amide bonds. The largest absolute Gasteiger partial charge is 0.497 e. The van der Waals surface area contributed by atoms with E-state index in [0.717, 1.165) is 16.2 Å². The Hall–Kier alpha value is -2.77. The number of ether oxygens (including phenoxy) is 2. The van der Waals surface area contributed by atoms with E-state index in [0.29, 0.717) is 5.71 Å². The monoisotopic (exact) mass is 364 g/mol. The van der Waals surface area contributed by atoms with Crippen LogP contribution in [0.3, 0.4) is 0 Å². The second-order valence-electron chi connectivity index (χ2n) is 6.95. The zero-order chi connectivity index (χ0) is 19.3. The number of amides is 1. The highest BCUT2D eigenvalue weighted by Gasteiger charge is 2.40. The van der Waals surface area contributed by atoms with Crippen LogP contribution < -0.4 is 4.74 Å². The van der Waals surface area contributed by atoms with Crippen LogP contribution in [0.2, 0.25) is 0 Å². The third kappa shape index (κ3) is 5.37. The van der Waals surface area contributed by atoms with Crippen LogP contribution in [0.25, 0.3) is 0 Å². The minimum Gasteiger partial charge on any atom is -0.497 e. The normalized spacial score (nSPS) is 18.7. The summed E-state index contributed by atoms with van der Waals surface area (Å²) in [6, 6.07) is 6.31. The highest BCUT2D eigenvalue weighted by molar-refractivity contribution is 5.98. The predicted octanol–water partition coefficient (Wildman–Crippen LogP) is 2.66. The number of methoxy groups -OCH3 is 1. The molecule has 0 aromatic heterocycles. The smallest absolute Gasteiger partial charge is 0.411 e. The Labute approximate surface area is 152 Å². The Morgan fingerprint density at radius 2 is 1.92 bits per heavy atom. The Kier molecular flexibility index (Phi) is 6.07. The van der Waals surface area contributed by atoms with Gasteiger partial charge in [-0.2, -0.15) is 0 Å². The molecule has 1 aromatic rings. The Morgan fingerprint density at radius 1 is 1.27 bits per heavy atom. The van der Waals surface area contributed by atoms with Gasteiger partial charge in [0, 0.05) is 6.42 Å². The molecule has 8 nitrogen and oxygen atoms in total. The van der Waals surface area contributed by atoms with E-state index in [-0.39, 0.29) is 19.6 Å². The van der Waals surface area contributed by atoms with E-state index in [4.69, 9.17) is 14.3 Å². The van der Waals surface area contributed by atoms with Crippen molar-refractivity contribution in [1.29, 1.82) is 0 Å². The van der Waals surface area contributed by atoms with Crippen LogP contribution in [0, 0.1) is 0 Å². The minimum absolute atomic E-state index is 0.0640. The van der Waals surface area contributed by atoms with E-state index in [1.807, 2.05) is 24.3 Å². The molecule has 1 aliphatic heterocycles. The average molecular weight is 364 g/mol. The summed E-state index contributed by atoms with van der Waals surface area (Å²) >= 11 is 0. The topological polar surface area (TPSA) is 97.7 Å². The molecule has 1 fully saturated rings. The number of aliphatic carboxylic acids is 1. The lowest BCUT2D eigenvalue weighted by Crippen LogP contribution is -2.43. The molecule has 142 valence electrons. The van der Waals surface area contributed by atoms with Gasteiger partial charge in [-0.25, -0.2) is 9.59 Å². The zero-order valence-electron chi connectivity index (χ0n) is 15.4. The van der Waals surface area contributed by atoms with Crippen molar-refractivity contribution in [2.75, 3.05) is 13.7 Å². The number of oxime groups is 1. The van der Waals surface area contributed by atoms with E-state index in [2.05, 4.69) is 5.16 Å². The van der Waals surface area contributed by atoms with Gasteiger partial charge in [0.1, 0.15) is 24.0 Å². The summed E-state index contributed by atoms with van der Waals surface area (Å²) in [6.07, 6.45) is -0.567. The quantitative estimate of drug-likeness (QED) is 0.807. The van der Waals surface area contributed by atoms with Crippen molar-refractivity contribution in [3.05, 3.63) is 29.8 Å². The third-order valence-electron chi connectivity index (χ3n) is 3.66. The van der Waals surface area contributed by atoms with Crippen LogP contribution in [0.5, 0.6) is 5.75 Å². The molecule has 1 aliphatic rings. The summed E-state index contributed by atoms with van der Waals surface area (Å²) in [5, 5.41) is 13.3. The van der Waals surface area contributed by atoms with Crippen molar-refractivity contribution >= 4 is 17.8 Å². The van der Waals surface area contributed by atoms with Gasteiger partial charge in [-0.1, -0.05) is 17.3 Å². The fourth-order valence-corrected chi connectivity index (χ4v) is 2.42. The van der Waals surface area contributed by atoms with Crippen LogP contribution in [0.1, 0.15) is 32.8 Å². The second kappa shape index (κ2) is 8.07. The maximum absolute atomic E-state index is 12.2. The number of benzene rings is 1. The Morgan fingerprint density at radius 3 is 2.46 bits per heavy atom. The van der Waals surface area contributed by atoms with Crippen molar-refractivity contribution in [3.63, 3.8) is 0 Å². The lowest BCUT2D eigenvalue weighted by molar-refractivity contribution is -0.142. The molecule has 1 aromatic carbocycles. The molecule has 2 rings (SSSR count). The molecule has 26 heavy (non-hydrogen) atoms. The standard InChI is InChI=1S/C18H24N2O6/c1-18(2,3)26-17(23)20-10-13(9-15(20)16(21)22)19-25-11-12-5-7-14(24-4)8-6-12/h5-8,15H,9-11H2,1-4H3,(H,21,22)/b19-13+/t15-/m0/s1. The molecule has 0 radical (unpaired) electrons. The molecule has 0 unspecified atom stereocenters. The second-order valence-corrected chi connectivity index (χ2v) is 6.95. The van der Waals surface area contributed by atoms with Crippen LogP contribution in [-0.4, -0.2) is 53.1 Å². The zero-order valence-corrected chi connectivity index (χ0v) is 15.4. The van der Waals surface area contributed by atoms with Crippen molar-refractivity contribution in [2.45, 2.75) is 45.4 Å². The van der Waals surface area contributed by atoms with Gasteiger partial charge >= 0.3 is 12.1 Å². The molecule has 0 bridgehead atoms. The van der Waals surface area contributed by atoms with Crippen LogP contribution in [0.15, 0.2) is 29.4 Å². The van der Waals surface area contributed by atoms with Gasteiger partial charge in [-0.3, -0.25) is 4.90 Å². The highest BCUT2D eigenvalue weighted by Crippen LogP contribution is 2.20. The lowest BCUT2D eigenvalue weighted by atomic mass is 10.2. The van der Waals surface area contributed by atoms with E-state index < -0.39 is 23.7 Å². The van der Waals surface area contributed by atoms with Gasteiger partial charge in [0.2, 0.25) is 0 Å². The number of carboxylic acid groups (broad SMARTS) is 1. The van der Waals surface area contributed by atoms with Crippen LogP contribution in [-0.2, 0) is 21.0 Å². The third-order valence-corrected chi connectivity index (χ3v) is 3.66. The van der Waals surface area contributed by atoms with Crippen LogP contribution >= 0.6 is 0 Å². The van der Waals surface area contributed by atoms with Gasteiger partial charge in [0.05, 0.1) is 19.4 Å². The number of hydrogen-bond donors (Lipinski definition) is 1. The van der Waals surface area contributed by atoms with Gasteiger partial charge < -0.3 is 19.4 Å². The molecule has 1 saturated heterocycles. The van der Waals surface area contributed by atoms with Crippen LogP contribution in [0.4, 0.5) is 4.79 Å². The summed E-state index contributed by atoms with van der Waals surface area (Å²) in [5.41, 5.74) is 0.675. The number of nitrogens with zero attached hydrogens (tertiary/aromatic N) is 2. The van der Waals surface area contributed by atoms with Gasteiger partial charge in [-0.15, -0.1) is 0 Å². The molecule has 8 heteroatoms. The Balaban J connectivity index is 1.97. The van der Waals surface area contributed by atoms with E-state index in [9.17, 15) is 14.7 Å². The highest BCUT2D eigenvalue weighted by atomic mass is 16.6. The Bertz CT molecular complexity index is 678. The number of likely N-dealkylation sites (tertiary alicyclic amines) is 1. The first-order valence-electron chi connectivity index (χ1n) is 8.22. The number of carboxylic acids is 1. The first-order chi connectivity index (χ1) is 12.2.